The fourth-order valence-corrected chi connectivity index (χ4v) is 2.02. The van der Waals surface area contributed by atoms with Gasteiger partial charge < -0.3 is 14.8 Å². The van der Waals surface area contributed by atoms with Gasteiger partial charge in [-0.2, -0.15) is 0 Å². The monoisotopic (exact) mass is 260 g/mol. The predicted molar refractivity (Wildman–Crippen MR) is 77.1 cm³/mol. The highest BCUT2D eigenvalue weighted by molar-refractivity contribution is 4.74. The standard InChI is InChI=1S/C14H32N2O2/c1-6-17-10-8-16(9-11-18-7-2)14(4)13(3)12-15-5/h13-15H,6-12H2,1-5H3. The molecule has 0 rings (SSSR count). The van der Waals surface area contributed by atoms with E-state index in [4.69, 9.17) is 9.47 Å². The van der Waals surface area contributed by atoms with E-state index in [0.717, 1.165) is 46.1 Å². The second-order valence-corrected chi connectivity index (χ2v) is 4.71. The van der Waals surface area contributed by atoms with E-state index in [-0.39, 0.29) is 0 Å². The summed E-state index contributed by atoms with van der Waals surface area (Å²) in [6.45, 7) is 14.9. The Morgan fingerprint density at radius 3 is 1.89 bits per heavy atom. The van der Waals surface area contributed by atoms with Crippen molar-refractivity contribution in [3.05, 3.63) is 0 Å². The van der Waals surface area contributed by atoms with E-state index in [1.54, 1.807) is 0 Å². The summed E-state index contributed by atoms with van der Waals surface area (Å²) in [4.78, 5) is 2.47. The quantitative estimate of drug-likeness (QED) is 0.541. The highest BCUT2D eigenvalue weighted by Gasteiger charge is 2.19. The molecule has 0 saturated heterocycles. The highest BCUT2D eigenvalue weighted by Crippen LogP contribution is 2.10. The van der Waals surface area contributed by atoms with E-state index in [2.05, 4.69) is 24.1 Å². The number of hydrogen-bond acceptors (Lipinski definition) is 4. The van der Waals surface area contributed by atoms with Gasteiger partial charge in [0.25, 0.3) is 0 Å². The molecule has 2 atom stereocenters. The van der Waals surface area contributed by atoms with Gasteiger partial charge in [-0.15, -0.1) is 0 Å². The van der Waals surface area contributed by atoms with Gasteiger partial charge in [0.1, 0.15) is 0 Å². The van der Waals surface area contributed by atoms with Crippen LogP contribution in [0.3, 0.4) is 0 Å². The second-order valence-electron chi connectivity index (χ2n) is 4.71. The molecule has 0 spiro atoms. The highest BCUT2D eigenvalue weighted by atomic mass is 16.5. The van der Waals surface area contributed by atoms with Gasteiger partial charge in [-0.1, -0.05) is 6.92 Å². The van der Waals surface area contributed by atoms with Crippen molar-refractivity contribution < 1.29 is 9.47 Å². The normalized spacial score (nSPS) is 15.0. The van der Waals surface area contributed by atoms with Crippen molar-refractivity contribution in [2.24, 2.45) is 5.92 Å². The van der Waals surface area contributed by atoms with Crippen molar-refractivity contribution in [2.75, 3.05) is 53.1 Å². The fourth-order valence-electron chi connectivity index (χ4n) is 2.02. The van der Waals surface area contributed by atoms with Crippen LogP contribution in [0.15, 0.2) is 0 Å². The van der Waals surface area contributed by atoms with Crippen molar-refractivity contribution in [3.8, 4) is 0 Å². The molecule has 0 radical (unpaired) electrons. The molecule has 0 saturated carbocycles. The van der Waals surface area contributed by atoms with E-state index in [9.17, 15) is 0 Å². The van der Waals surface area contributed by atoms with Crippen LogP contribution in [0.1, 0.15) is 27.7 Å². The lowest BCUT2D eigenvalue weighted by Crippen LogP contribution is -2.44. The zero-order chi connectivity index (χ0) is 13.8. The molecule has 1 N–H and O–H groups in total. The number of nitrogens with zero attached hydrogens (tertiary/aromatic N) is 1. The van der Waals surface area contributed by atoms with E-state index >= 15 is 0 Å². The van der Waals surface area contributed by atoms with Gasteiger partial charge in [-0.25, -0.2) is 0 Å². The third kappa shape index (κ3) is 8.03. The maximum Gasteiger partial charge on any atom is 0.0593 e. The van der Waals surface area contributed by atoms with E-state index < -0.39 is 0 Å². The Morgan fingerprint density at radius 1 is 1.00 bits per heavy atom. The fraction of sp³-hybridized carbons (Fsp3) is 1.00. The van der Waals surface area contributed by atoms with Crippen LogP contribution in [0.4, 0.5) is 0 Å². The second kappa shape index (κ2) is 11.9. The summed E-state index contributed by atoms with van der Waals surface area (Å²) in [6, 6.07) is 0.540. The van der Waals surface area contributed by atoms with Gasteiger partial charge in [0.05, 0.1) is 13.2 Å². The molecule has 0 aliphatic carbocycles. The molecule has 0 aliphatic rings. The van der Waals surface area contributed by atoms with Gasteiger partial charge in [0.15, 0.2) is 0 Å². The molecule has 4 heteroatoms. The van der Waals surface area contributed by atoms with Crippen LogP contribution in [0, 0.1) is 5.92 Å². The molecule has 4 nitrogen and oxygen atoms in total. The number of nitrogens with one attached hydrogen (secondary N) is 1. The lowest BCUT2D eigenvalue weighted by atomic mass is 10.0. The van der Waals surface area contributed by atoms with Gasteiger partial charge in [0, 0.05) is 32.3 Å². The van der Waals surface area contributed by atoms with Crippen LogP contribution in [0.25, 0.3) is 0 Å². The molecule has 0 aromatic rings. The molecular weight excluding hydrogens is 228 g/mol. The zero-order valence-electron chi connectivity index (χ0n) is 12.9. The minimum Gasteiger partial charge on any atom is -0.380 e. The minimum absolute atomic E-state index is 0.540. The molecule has 0 aliphatic heterocycles. The SMILES string of the molecule is CCOCCN(CCOCC)C(C)C(C)CNC. The van der Waals surface area contributed by atoms with Crippen LogP contribution in [0.2, 0.25) is 0 Å². The van der Waals surface area contributed by atoms with Crippen LogP contribution in [0.5, 0.6) is 0 Å². The first-order chi connectivity index (χ1) is 8.67. The Morgan fingerprint density at radius 2 is 1.50 bits per heavy atom. The van der Waals surface area contributed by atoms with Crippen molar-refractivity contribution in [1.29, 1.82) is 0 Å². The first-order valence-electron chi connectivity index (χ1n) is 7.21. The summed E-state index contributed by atoms with van der Waals surface area (Å²) in [6.07, 6.45) is 0. The molecular formula is C14H32N2O2. The molecule has 110 valence electrons. The zero-order valence-corrected chi connectivity index (χ0v) is 12.9. The summed E-state index contributed by atoms with van der Waals surface area (Å²) >= 11 is 0. The molecule has 2 unspecified atom stereocenters. The largest absolute Gasteiger partial charge is 0.380 e. The maximum atomic E-state index is 5.46. The van der Waals surface area contributed by atoms with Gasteiger partial charge >= 0.3 is 0 Å². The summed E-state index contributed by atoms with van der Waals surface area (Å²) < 4.78 is 10.9. The van der Waals surface area contributed by atoms with Crippen molar-refractivity contribution in [2.45, 2.75) is 33.7 Å². The molecule has 0 amide bonds. The van der Waals surface area contributed by atoms with E-state index in [0.29, 0.717) is 12.0 Å². The van der Waals surface area contributed by atoms with Crippen LogP contribution < -0.4 is 5.32 Å². The Balaban J connectivity index is 4.14. The Labute approximate surface area is 113 Å². The number of ether oxygens (including phenoxy) is 2. The Kier molecular flexibility index (Phi) is 11.8. The molecule has 0 aromatic heterocycles. The van der Waals surface area contributed by atoms with Crippen molar-refractivity contribution in [3.63, 3.8) is 0 Å². The maximum absolute atomic E-state index is 5.46. The van der Waals surface area contributed by atoms with Gasteiger partial charge in [-0.05, 0) is 40.3 Å². The Bertz CT molecular complexity index is 169. The molecule has 0 aromatic carbocycles. The summed E-state index contributed by atoms with van der Waals surface area (Å²) in [5.41, 5.74) is 0. The van der Waals surface area contributed by atoms with Crippen molar-refractivity contribution in [1.82, 2.24) is 10.2 Å². The lowest BCUT2D eigenvalue weighted by molar-refractivity contribution is 0.0541. The molecule has 18 heavy (non-hydrogen) atoms. The van der Waals surface area contributed by atoms with E-state index in [1.165, 1.54) is 0 Å². The average Bonchev–Trinajstić information content (AvgIpc) is 2.37. The molecule has 0 bridgehead atoms. The van der Waals surface area contributed by atoms with Crippen LogP contribution >= 0.6 is 0 Å². The van der Waals surface area contributed by atoms with Gasteiger partial charge in [-0.3, -0.25) is 4.90 Å². The first kappa shape index (κ1) is 17.8. The third-order valence-corrected chi connectivity index (χ3v) is 3.38. The van der Waals surface area contributed by atoms with Crippen LogP contribution in [-0.2, 0) is 9.47 Å². The summed E-state index contributed by atoms with van der Waals surface area (Å²) in [5, 5.41) is 3.25. The lowest BCUT2D eigenvalue weighted by Gasteiger charge is -2.33. The third-order valence-electron chi connectivity index (χ3n) is 3.38. The smallest absolute Gasteiger partial charge is 0.0593 e. The topological polar surface area (TPSA) is 33.7 Å². The first-order valence-corrected chi connectivity index (χ1v) is 7.21. The van der Waals surface area contributed by atoms with Gasteiger partial charge in [0.2, 0.25) is 0 Å². The Hall–Kier alpha value is -0.160. The number of hydrogen-bond donors (Lipinski definition) is 1. The molecule has 0 heterocycles. The van der Waals surface area contributed by atoms with E-state index in [1.807, 2.05) is 20.9 Å². The minimum atomic E-state index is 0.540. The number of rotatable bonds is 12. The average molecular weight is 260 g/mol. The summed E-state index contributed by atoms with van der Waals surface area (Å²) in [5.74, 6) is 0.623. The van der Waals surface area contributed by atoms with Crippen LogP contribution in [-0.4, -0.2) is 64.1 Å². The van der Waals surface area contributed by atoms with Crippen molar-refractivity contribution >= 4 is 0 Å². The molecule has 0 fully saturated rings. The summed E-state index contributed by atoms with van der Waals surface area (Å²) in [7, 11) is 2.01. The predicted octanol–water partition coefficient (Wildman–Crippen LogP) is 1.61.